The Morgan fingerprint density at radius 3 is 2.05 bits per heavy atom. The van der Waals surface area contributed by atoms with Gasteiger partial charge in [0.2, 0.25) is 0 Å². The number of aliphatic imine (C=N–C) groups is 2. The smallest absolute Gasteiger partial charge is 0.157 e. The number of nitrogens with two attached hydrogens (primary N) is 1. The Labute approximate surface area is 375 Å². The molecule has 0 saturated heterocycles. The van der Waals surface area contributed by atoms with Gasteiger partial charge in [-0.05, 0) is 88.5 Å². The van der Waals surface area contributed by atoms with Gasteiger partial charge >= 0.3 is 0 Å². The van der Waals surface area contributed by atoms with Crippen LogP contribution in [0.3, 0.4) is 0 Å². The van der Waals surface area contributed by atoms with Gasteiger partial charge in [0.15, 0.2) is 5.84 Å². The minimum Gasteiger partial charge on any atom is -0.457 e. The molecule has 64 heavy (non-hydrogen) atoms. The van der Waals surface area contributed by atoms with Crippen LogP contribution < -0.4 is 16.4 Å². The molecule has 304 valence electrons. The van der Waals surface area contributed by atoms with Crippen molar-refractivity contribution in [1.29, 1.82) is 0 Å². The minimum atomic E-state index is 0.245. The molecule has 12 rings (SSSR count). The Balaban J connectivity index is 1.02. The molecule has 0 atom stereocenters. The highest BCUT2D eigenvalue weighted by Crippen LogP contribution is 2.44. The average molecular weight is 860 g/mol. The molecule has 0 saturated carbocycles. The highest BCUT2D eigenvalue weighted by atomic mass is 32.1. The lowest BCUT2D eigenvalue weighted by Gasteiger charge is -2.10. The van der Waals surface area contributed by atoms with E-state index in [1.807, 2.05) is 77.3 Å². The van der Waals surface area contributed by atoms with Crippen LogP contribution >= 0.6 is 22.7 Å². The van der Waals surface area contributed by atoms with Crippen molar-refractivity contribution in [2.24, 2.45) is 15.7 Å². The number of hydrogen-bond donors (Lipinski definition) is 1. The molecule has 0 bridgehead atoms. The number of furan rings is 2. The molecule has 2 N–H and O–H groups in total. The van der Waals surface area contributed by atoms with Crippen LogP contribution in [0.25, 0.3) is 108 Å². The van der Waals surface area contributed by atoms with E-state index in [1.165, 1.54) is 45.9 Å². The lowest BCUT2D eigenvalue weighted by atomic mass is 9.93. The zero-order chi connectivity index (χ0) is 42.9. The van der Waals surface area contributed by atoms with E-state index in [2.05, 4.69) is 128 Å². The second-order valence-electron chi connectivity index (χ2n) is 16.0. The summed E-state index contributed by atoms with van der Waals surface area (Å²) in [5, 5.41) is 8.72. The summed E-state index contributed by atoms with van der Waals surface area (Å²) >= 11 is 3.66. The van der Waals surface area contributed by atoms with Gasteiger partial charge in [0, 0.05) is 72.9 Å². The predicted octanol–water partition coefficient (Wildman–Crippen LogP) is 14.2. The van der Waals surface area contributed by atoms with E-state index < -0.39 is 0 Å². The number of thiophene rings is 2. The SMILES string of the molecule is C=C/C(C(N)=NC(=NCc1ccccc1)c1ccc2c(c1)oc1ccccc12)=c1\c(=C)oc2ccc(-c3cc(-c4ccc5c(c4)sc4ccccc45)cc4sc5ccccc5c34)cc12. The van der Waals surface area contributed by atoms with Crippen LogP contribution in [0.5, 0.6) is 0 Å². The summed E-state index contributed by atoms with van der Waals surface area (Å²) in [5.74, 6) is 0.717. The Bertz CT molecular complexity index is 4050. The molecule has 7 heteroatoms. The van der Waals surface area contributed by atoms with E-state index in [-0.39, 0.29) is 5.84 Å². The zero-order valence-corrected chi connectivity index (χ0v) is 36.1. The molecule has 8 aromatic carbocycles. The highest BCUT2D eigenvalue weighted by molar-refractivity contribution is 7.26. The van der Waals surface area contributed by atoms with Gasteiger partial charge in [0.25, 0.3) is 0 Å². The lowest BCUT2D eigenvalue weighted by molar-refractivity contribution is 0.577. The van der Waals surface area contributed by atoms with Gasteiger partial charge in [-0.2, -0.15) is 0 Å². The van der Waals surface area contributed by atoms with Crippen LogP contribution in [0.4, 0.5) is 0 Å². The third kappa shape index (κ3) is 6.36. The molecule has 0 spiro atoms. The predicted molar refractivity (Wildman–Crippen MR) is 273 cm³/mol. The topological polar surface area (TPSA) is 77.0 Å². The fourth-order valence-electron chi connectivity index (χ4n) is 9.08. The van der Waals surface area contributed by atoms with Crippen molar-refractivity contribution in [1.82, 2.24) is 0 Å². The summed E-state index contributed by atoms with van der Waals surface area (Å²) in [6, 6.07) is 59.4. The Kier molecular flexibility index (Phi) is 9.00. The first-order chi connectivity index (χ1) is 31.5. The minimum absolute atomic E-state index is 0.245. The van der Waals surface area contributed by atoms with E-state index >= 15 is 0 Å². The number of hydrogen-bond acceptors (Lipinski definition) is 5. The fourth-order valence-corrected chi connectivity index (χ4v) is 11.4. The summed E-state index contributed by atoms with van der Waals surface area (Å²) in [5.41, 5.74) is 16.8. The summed E-state index contributed by atoms with van der Waals surface area (Å²) in [6.07, 6.45) is 1.73. The van der Waals surface area contributed by atoms with E-state index in [9.17, 15) is 0 Å². The Morgan fingerprint density at radius 2 is 1.20 bits per heavy atom. The van der Waals surface area contributed by atoms with Crippen LogP contribution in [-0.2, 0) is 6.54 Å². The first-order valence-corrected chi connectivity index (χ1v) is 22.7. The molecule has 0 radical (unpaired) electrons. The monoisotopic (exact) mass is 859 g/mol. The standard InChI is InChI=1S/C57H37N3O2S2/c1-3-39(56(58)60-57(59-32-34-13-5-4-6-14-34)37-22-24-41-40-15-7-10-18-47(40)62-49(41)29-37)54-33(2)61-48-26-23-36(27-46(48)54)45-28-38(31-53-55(45)44-17-9-12-20-51(44)64-53)35-21-25-43-42-16-8-11-19-50(42)63-52(43)30-35/h3-31H,1-2,32H2,(H2,58,59,60)/b54-39-. The first-order valence-electron chi connectivity index (χ1n) is 21.1. The molecule has 0 aliphatic heterocycles. The molecular formula is C57H37N3O2S2. The summed E-state index contributed by atoms with van der Waals surface area (Å²) in [6.45, 7) is 9.02. The lowest BCUT2D eigenvalue weighted by Crippen LogP contribution is -2.28. The van der Waals surface area contributed by atoms with Crippen molar-refractivity contribution in [2.45, 2.75) is 6.54 Å². The van der Waals surface area contributed by atoms with Crippen molar-refractivity contribution in [3.8, 4) is 22.3 Å². The molecule has 4 heterocycles. The third-order valence-corrected chi connectivity index (χ3v) is 14.4. The van der Waals surface area contributed by atoms with Crippen molar-refractivity contribution >= 4 is 120 Å². The van der Waals surface area contributed by atoms with Crippen LogP contribution in [0.15, 0.2) is 201 Å². The second kappa shape index (κ2) is 15.2. The second-order valence-corrected chi connectivity index (χ2v) is 18.1. The van der Waals surface area contributed by atoms with Gasteiger partial charge in [0.05, 0.1) is 6.54 Å². The number of rotatable bonds is 7. The van der Waals surface area contributed by atoms with Crippen molar-refractivity contribution < 1.29 is 8.83 Å². The van der Waals surface area contributed by atoms with Crippen LogP contribution in [0.1, 0.15) is 11.1 Å². The van der Waals surface area contributed by atoms with Gasteiger partial charge in [-0.25, -0.2) is 4.99 Å². The van der Waals surface area contributed by atoms with Crippen molar-refractivity contribution in [3.63, 3.8) is 0 Å². The van der Waals surface area contributed by atoms with E-state index in [0.717, 1.165) is 60.4 Å². The summed E-state index contributed by atoms with van der Waals surface area (Å²) < 4.78 is 17.7. The van der Waals surface area contributed by atoms with E-state index in [4.69, 9.17) is 24.6 Å². The van der Waals surface area contributed by atoms with Gasteiger partial charge in [0.1, 0.15) is 28.0 Å². The third-order valence-electron chi connectivity index (χ3n) is 12.1. The van der Waals surface area contributed by atoms with Crippen molar-refractivity contribution in [3.05, 3.63) is 204 Å². The fraction of sp³-hybridized carbons (Fsp3) is 0.0175. The highest BCUT2D eigenvalue weighted by Gasteiger charge is 2.18. The van der Waals surface area contributed by atoms with Gasteiger partial charge in [-0.15, -0.1) is 22.7 Å². The molecule has 0 amide bonds. The number of nitrogens with zero attached hydrogens (tertiary/aromatic N) is 2. The number of benzene rings is 8. The maximum atomic E-state index is 7.05. The quantitative estimate of drug-likeness (QED) is 0.128. The first kappa shape index (κ1) is 37.9. The Morgan fingerprint density at radius 1 is 0.547 bits per heavy atom. The van der Waals surface area contributed by atoms with Gasteiger partial charge in [-0.3, -0.25) is 4.99 Å². The number of amidine groups is 2. The summed E-state index contributed by atoms with van der Waals surface area (Å²) in [4.78, 5) is 10.1. The molecule has 0 aliphatic rings. The maximum absolute atomic E-state index is 7.05. The average Bonchev–Trinajstić information content (AvgIpc) is 4.09. The van der Waals surface area contributed by atoms with Gasteiger partial charge in [-0.1, -0.05) is 128 Å². The van der Waals surface area contributed by atoms with E-state index in [1.54, 1.807) is 6.08 Å². The zero-order valence-electron chi connectivity index (χ0n) is 34.5. The molecule has 12 aromatic rings. The largest absolute Gasteiger partial charge is 0.457 e. The Hall–Kier alpha value is -7.84. The number of fused-ring (bicyclic) bond motifs is 10. The summed E-state index contributed by atoms with van der Waals surface area (Å²) in [7, 11) is 0. The van der Waals surface area contributed by atoms with Gasteiger partial charge < -0.3 is 14.6 Å². The maximum Gasteiger partial charge on any atom is 0.157 e. The van der Waals surface area contributed by atoms with Crippen LogP contribution in [0.2, 0.25) is 0 Å². The normalized spacial score (nSPS) is 13.1. The van der Waals surface area contributed by atoms with Crippen LogP contribution in [-0.4, -0.2) is 11.7 Å². The molecule has 4 aromatic heterocycles. The van der Waals surface area contributed by atoms with Crippen molar-refractivity contribution in [2.75, 3.05) is 0 Å². The molecule has 0 aliphatic carbocycles. The molecule has 5 nitrogen and oxygen atoms in total. The molecular weight excluding hydrogens is 823 g/mol. The van der Waals surface area contributed by atoms with E-state index in [0.29, 0.717) is 29.0 Å². The molecule has 0 unspecified atom stereocenters. The van der Waals surface area contributed by atoms with Crippen LogP contribution in [0, 0.1) is 0 Å². The molecule has 0 fully saturated rings. The number of para-hydroxylation sites is 1.